The van der Waals surface area contributed by atoms with E-state index in [1.54, 1.807) is 7.11 Å². The molecule has 0 bridgehead atoms. The van der Waals surface area contributed by atoms with Crippen molar-refractivity contribution in [3.63, 3.8) is 0 Å². The number of ether oxygens (including phenoxy) is 1. The van der Waals surface area contributed by atoms with Gasteiger partial charge in [0.1, 0.15) is 5.75 Å². The minimum atomic E-state index is 0.201. The summed E-state index contributed by atoms with van der Waals surface area (Å²) in [6.45, 7) is 12.0. The number of hydrogen-bond donors (Lipinski definition) is 1. The predicted molar refractivity (Wildman–Crippen MR) is 80.8 cm³/mol. The Morgan fingerprint density at radius 2 is 2.00 bits per heavy atom. The summed E-state index contributed by atoms with van der Waals surface area (Å²) in [7, 11) is 3.74. The second kappa shape index (κ2) is 6.38. The summed E-state index contributed by atoms with van der Waals surface area (Å²) in [6.07, 6.45) is 2.88. The molecule has 0 spiro atoms. The van der Waals surface area contributed by atoms with Gasteiger partial charge in [-0.05, 0) is 38.6 Å². The Hall–Kier alpha value is -1.09. The van der Waals surface area contributed by atoms with E-state index >= 15 is 0 Å². The van der Waals surface area contributed by atoms with Gasteiger partial charge < -0.3 is 10.1 Å². The Morgan fingerprint density at radius 3 is 2.47 bits per heavy atom. The molecule has 0 aliphatic rings. The van der Waals surface area contributed by atoms with E-state index < -0.39 is 0 Å². The van der Waals surface area contributed by atoms with Gasteiger partial charge in [-0.25, -0.2) is 0 Å². The molecule has 3 heteroatoms. The standard InChI is InChI=1S/C16H28N2O/c1-11(2)16(5,10-17-6)8-14-13(4)15(19-7)12(3)9-18-14/h9,11,17H,8,10H2,1-7H3. The molecule has 1 aromatic rings. The van der Waals surface area contributed by atoms with E-state index in [-0.39, 0.29) is 5.41 Å². The van der Waals surface area contributed by atoms with Gasteiger partial charge in [-0.1, -0.05) is 20.8 Å². The molecule has 0 amide bonds. The van der Waals surface area contributed by atoms with Gasteiger partial charge >= 0.3 is 0 Å². The predicted octanol–water partition coefficient (Wildman–Crippen LogP) is 3.13. The van der Waals surface area contributed by atoms with Crippen molar-refractivity contribution in [3.05, 3.63) is 23.0 Å². The van der Waals surface area contributed by atoms with Crippen LogP contribution in [0, 0.1) is 25.2 Å². The number of methoxy groups -OCH3 is 1. The molecule has 108 valence electrons. The summed E-state index contributed by atoms with van der Waals surface area (Å²) in [6, 6.07) is 0. The van der Waals surface area contributed by atoms with Crippen molar-refractivity contribution >= 4 is 0 Å². The van der Waals surface area contributed by atoms with Crippen molar-refractivity contribution in [2.45, 2.75) is 41.0 Å². The molecule has 1 unspecified atom stereocenters. The topological polar surface area (TPSA) is 34.2 Å². The Balaban J connectivity index is 3.11. The minimum Gasteiger partial charge on any atom is -0.496 e. The van der Waals surface area contributed by atoms with Crippen LogP contribution in [0.3, 0.4) is 0 Å². The van der Waals surface area contributed by atoms with Crippen LogP contribution in [0.15, 0.2) is 6.20 Å². The van der Waals surface area contributed by atoms with Crippen LogP contribution in [0.5, 0.6) is 5.75 Å². The Morgan fingerprint density at radius 1 is 1.37 bits per heavy atom. The zero-order valence-corrected chi connectivity index (χ0v) is 13.4. The molecule has 1 atom stereocenters. The molecule has 1 rings (SSSR count). The van der Waals surface area contributed by atoms with Gasteiger partial charge in [0.2, 0.25) is 0 Å². The zero-order valence-electron chi connectivity index (χ0n) is 13.4. The number of nitrogens with zero attached hydrogens (tertiary/aromatic N) is 1. The quantitative estimate of drug-likeness (QED) is 0.857. The van der Waals surface area contributed by atoms with Crippen LogP contribution in [0.25, 0.3) is 0 Å². The van der Waals surface area contributed by atoms with Crippen LogP contribution in [0.4, 0.5) is 0 Å². The average Bonchev–Trinajstić information content (AvgIpc) is 2.34. The van der Waals surface area contributed by atoms with E-state index in [2.05, 4.69) is 38.0 Å². The Labute approximate surface area is 117 Å². The van der Waals surface area contributed by atoms with Crippen LogP contribution < -0.4 is 10.1 Å². The van der Waals surface area contributed by atoms with Crippen LogP contribution in [-0.4, -0.2) is 25.7 Å². The van der Waals surface area contributed by atoms with Crippen LogP contribution >= 0.6 is 0 Å². The number of aromatic nitrogens is 1. The number of hydrogen-bond acceptors (Lipinski definition) is 3. The maximum Gasteiger partial charge on any atom is 0.128 e. The monoisotopic (exact) mass is 264 g/mol. The highest BCUT2D eigenvalue weighted by molar-refractivity contribution is 5.41. The van der Waals surface area contributed by atoms with E-state index in [1.165, 1.54) is 5.56 Å². The maximum absolute atomic E-state index is 5.50. The Kier molecular flexibility index (Phi) is 5.36. The lowest BCUT2D eigenvalue weighted by molar-refractivity contribution is 0.210. The first-order valence-corrected chi connectivity index (χ1v) is 6.99. The van der Waals surface area contributed by atoms with E-state index in [9.17, 15) is 0 Å². The fraction of sp³-hybridized carbons (Fsp3) is 0.688. The van der Waals surface area contributed by atoms with Crippen LogP contribution in [-0.2, 0) is 6.42 Å². The van der Waals surface area contributed by atoms with E-state index in [1.807, 2.05) is 20.2 Å². The summed E-state index contributed by atoms with van der Waals surface area (Å²) in [4.78, 5) is 4.63. The zero-order chi connectivity index (χ0) is 14.6. The molecule has 0 fully saturated rings. The van der Waals surface area contributed by atoms with E-state index in [0.717, 1.165) is 30.0 Å². The van der Waals surface area contributed by atoms with Crippen molar-refractivity contribution in [1.82, 2.24) is 10.3 Å². The molecule has 0 saturated carbocycles. The Bertz CT molecular complexity index is 429. The SMILES string of the molecule is CNCC(C)(Cc1ncc(C)c(OC)c1C)C(C)C. The van der Waals surface area contributed by atoms with Crippen molar-refractivity contribution in [2.75, 3.05) is 20.7 Å². The van der Waals surface area contributed by atoms with E-state index in [4.69, 9.17) is 4.74 Å². The van der Waals surface area contributed by atoms with Crippen LogP contribution in [0.1, 0.15) is 37.6 Å². The van der Waals surface area contributed by atoms with Gasteiger partial charge in [0.15, 0.2) is 0 Å². The fourth-order valence-electron chi connectivity index (χ4n) is 2.51. The second-order valence-electron chi connectivity index (χ2n) is 6.06. The number of aryl methyl sites for hydroxylation is 1. The van der Waals surface area contributed by atoms with Gasteiger partial charge in [-0.2, -0.15) is 0 Å². The normalized spacial score (nSPS) is 14.5. The fourth-order valence-corrected chi connectivity index (χ4v) is 2.51. The number of rotatable bonds is 6. The molecule has 0 saturated heterocycles. The molecule has 0 radical (unpaired) electrons. The highest BCUT2D eigenvalue weighted by Crippen LogP contribution is 2.33. The third kappa shape index (κ3) is 3.47. The second-order valence-corrected chi connectivity index (χ2v) is 6.06. The van der Waals surface area contributed by atoms with Gasteiger partial charge in [0.25, 0.3) is 0 Å². The van der Waals surface area contributed by atoms with Gasteiger partial charge in [-0.3, -0.25) is 4.98 Å². The molecular weight excluding hydrogens is 236 g/mol. The maximum atomic E-state index is 5.50. The largest absolute Gasteiger partial charge is 0.496 e. The summed E-state index contributed by atoms with van der Waals surface area (Å²) in [5.74, 6) is 1.56. The van der Waals surface area contributed by atoms with Gasteiger partial charge in [0, 0.05) is 29.6 Å². The first kappa shape index (κ1) is 16.0. The summed E-state index contributed by atoms with van der Waals surface area (Å²) < 4.78 is 5.50. The van der Waals surface area contributed by atoms with Gasteiger partial charge in [-0.15, -0.1) is 0 Å². The lowest BCUT2D eigenvalue weighted by atomic mass is 9.74. The molecule has 0 aliphatic carbocycles. The third-order valence-electron chi connectivity index (χ3n) is 4.30. The first-order chi connectivity index (χ1) is 8.85. The molecule has 1 aromatic heterocycles. The van der Waals surface area contributed by atoms with Crippen molar-refractivity contribution < 1.29 is 4.74 Å². The summed E-state index contributed by atoms with van der Waals surface area (Å²) in [5, 5.41) is 3.31. The lowest BCUT2D eigenvalue weighted by Crippen LogP contribution is -2.37. The van der Waals surface area contributed by atoms with Crippen molar-refractivity contribution in [3.8, 4) is 5.75 Å². The molecular formula is C16H28N2O. The minimum absolute atomic E-state index is 0.201. The summed E-state index contributed by atoms with van der Waals surface area (Å²) in [5.41, 5.74) is 3.62. The highest BCUT2D eigenvalue weighted by Gasteiger charge is 2.29. The number of nitrogens with one attached hydrogen (secondary N) is 1. The smallest absolute Gasteiger partial charge is 0.128 e. The first-order valence-electron chi connectivity index (χ1n) is 6.99. The summed E-state index contributed by atoms with van der Waals surface area (Å²) >= 11 is 0. The highest BCUT2D eigenvalue weighted by atomic mass is 16.5. The number of pyridine rings is 1. The molecule has 19 heavy (non-hydrogen) atoms. The molecule has 1 N–H and O–H groups in total. The molecule has 0 aromatic carbocycles. The molecule has 3 nitrogen and oxygen atoms in total. The van der Waals surface area contributed by atoms with Gasteiger partial charge in [0.05, 0.1) is 7.11 Å². The third-order valence-corrected chi connectivity index (χ3v) is 4.30. The van der Waals surface area contributed by atoms with Crippen LogP contribution in [0.2, 0.25) is 0 Å². The molecule has 1 heterocycles. The van der Waals surface area contributed by atoms with E-state index in [0.29, 0.717) is 5.92 Å². The lowest BCUT2D eigenvalue weighted by Gasteiger charge is -2.34. The van der Waals surface area contributed by atoms with Crippen molar-refractivity contribution in [1.29, 1.82) is 0 Å². The molecule has 0 aliphatic heterocycles. The average molecular weight is 264 g/mol. The van der Waals surface area contributed by atoms with Crippen molar-refractivity contribution in [2.24, 2.45) is 11.3 Å².